The van der Waals surface area contributed by atoms with E-state index in [9.17, 15) is 63.0 Å². The zero-order valence-corrected chi connectivity index (χ0v) is 36.6. The number of benzene rings is 4. The molecule has 7 N–H and O–H groups in total. The summed E-state index contributed by atoms with van der Waals surface area (Å²) in [5.41, 5.74) is 7.49. The van der Waals surface area contributed by atoms with E-state index in [-0.39, 0.29) is 36.4 Å². The van der Waals surface area contributed by atoms with E-state index in [2.05, 4.69) is 10.6 Å². The van der Waals surface area contributed by atoms with E-state index in [1.54, 1.807) is 17.4 Å². The molecule has 24 heteroatoms. The lowest BCUT2D eigenvalue weighted by Crippen LogP contribution is -2.59. The molecule has 0 heterocycles. The van der Waals surface area contributed by atoms with Gasteiger partial charge in [0.05, 0.1) is 6.61 Å². The van der Waals surface area contributed by atoms with Crippen molar-refractivity contribution in [2.45, 2.75) is 30.0 Å². The van der Waals surface area contributed by atoms with Crippen LogP contribution in [-0.4, -0.2) is 136 Å². The summed E-state index contributed by atoms with van der Waals surface area (Å²) < 4.78 is 111. The molecule has 21 nitrogen and oxygen atoms in total. The molecular weight excluding hydrogens is 915 g/mol. The molecule has 65 heavy (non-hydrogen) atoms. The van der Waals surface area contributed by atoms with Gasteiger partial charge in [-0.15, -0.1) is 0 Å². The second-order valence-corrected chi connectivity index (χ2v) is 19.6. The lowest BCUT2D eigenvalue weighted by Gasteiger charge is -2.22. The van der Waals surface area contributed by atoms with Crippen LogP contribution in [0.1, 0.15) is 34.1 Å². The Balaban J connectivity index is 1.05. The first kappa shape index (κ1) is 48.3. The molecule has 0 fully saturated rings. The SMILES string of the molecule is O=C(NCCNC(=O)C(CS(=O)(=O)O)NC(=O)C(CS(=O)(=O)O)NC(=O)C(CS(=O)(=O)O)[N+](=O)COCC1c2ccccc2-c2ccccc21)OCC1c2ccccc2-c2ccccc21. The van der Waals surface area contributed by atoms with Crippen LogP contribution in [0.25, 0.3) is 22.3 Å². The predicted octanol–water partition coefficient (Wildman–Crippen LogP) is 1.21. The fourth-order valence-corrected chi connectivity index (χ4v) is 9.76. The molecule has 0 saturated heterocycles. The van der Waals surface area contributed by atoms with Crippen molar-refractivity contribution in [3.8, 4) is 22.3 Å². The van der Waals surface area contributed by atoms with Crippen LogP contribution >= 0.6 is 0 Å². The Morgan fingerprint density at radius 3 is 1.37 bits per heavy atom. The van der Waals surface area contributed by atoms with Gasteiger partial charge in [0, 0.05) is 34.6 Å². The first-order valence-corrected chi connectivity index (χ1v) is 24.5. The van der Waals surface area contributed by atoms with Gasteiger partial charge in [-0.3, -0.25) is 28.0 Å². The standard InChI is InChI=1S/C41H43N5O16S3/c47-38(42-17-18-43-41(50)62-20-34-31-15-7-3-11-27(31)28-12-4-8-16-32(28)34)35(21-63(52,53)54)44-39(48)36(22-64(55,56)57)45-40(49)37(23-65(58,59)60)46(51)24-61-19-33-29-13-5-1-9-25(29)26-10-2-6-14-30(26)33/h1-16,33-37H,17-24H2,(H6-,42,43,44,45,47,48,49,50,52,53,54,55,56,57,58,59,60)/p+1. The minimum absolute atomic E-state index is 0.0293. The van der Waals surface area contributed by atoms with Gasteiger partial charge in [-0.05, 0) is 44.5 Å². The van der Waals surface area contributed by atoms with Gasteiger partial charge in [0.25, 0.3) is 49.0 Å². The number of nitroso groups, excluding NO2 is 1. The first-order chi connectivity index (χ1) is 30.7. The van der Waals surface area contributed by atoms with Crippen LogP contribution in [0.4, 0.5) is 4.79 Å². The van der Waals surface area contributed by atoms with Crippen molar-refractivity contribution in [3.05, 3.63) is 124 Å². The van der Waals surface area contributed by atoms with E-state index in [4.69, 9.17) is 9.47 Å². The molecule has 0 bridgehead atoms. The Kier molecular flexibility index (Phi) is 15.1. The number of nitrogens with zero attached hydrogens (tertiary/aromatic N) is 1. The smallest absolute Gasteiger partial charge is 0.407 e. The summed E-state index contributed by atoms with van der Waals surface area (Å²) in [4.78, 5) is 65.7. The monoisotopic (exact) mass is 958 g/mol. The van der Waals surface area contributed by atoms with Crippen LogP contribution in [0.3, 0.4) is 0 Å². The zero-order chi connectivity index (χ0) is 47.1. The Morgan fingerprint density at radius 1 is 0.538 bits per heavy atom. The molecule has 3 atom stereocenters. The predicted molar refractivity (Wildman–Crippen MR) is 231 cm³/mol. The topological polar surface area (TPSA) is 318 Å². The molecule has 4 aromatic carbocycles. The third-order valence-corrected chi connectivity index (χ3v) is 12.8. The second kappa shape index (κ2) is 20.4. The molecular formula is C41H44N5O16S3+. The van der Waals surface area contributed by atoms with Crippen LogP contribution < -0.4 is 21.3 Å². The maximum Gasteiger partial charge on any atom is 0.407 e. The highest BCUT2D eigenvalue weighted by molar-refractivity contribution is 7.86. The number of hydrogen-bond acceptors (Lipinski definition) is 13. The minimum Gasteiger partial charge on any atom is -0.449 e. The van der Waals surface area contributed by atoms with Crippen molar-refractivity contribution in [2.75, 3.05) is 50.3 Å². The molecule has 2 aliphatic rings. The third kappa shape index (κ3) is 12.8. The Bertz CT molecular complexity index is 2730. The highest BCUT2D eigenvalue weighted by atomic mass is 32.2. The summed E-state index contributed by atoms with van der Waals surface area (Å²) in [6.45, 7) is -1.83. The van der Waals surface area contributed by atoms with Gasteiger partial charge < -0.3 is 30.7 Å². The fraction of sp³-hybridized carbons (Fsp3) is 0.317. The molecule has 0 aliphatic heterocycles. The lowest BCUT2D eigenvalue weighted by atomic mass is 9.98. The van der Waals surface area contributed by atoms with E-state index in [1.165, 1.54) is 0 Å². The summed E-state index contributed by atoms with van der Waals surface area (Å²) in [5.74, 6) is -9.98. The summed E-state index contributed by atoms with van der Waals surface area (Å²) in [7, 11) is -15.4. The minimum atomic E-state index is -5.20. The summed E-state index contributed by atoms with van der Waals surface area (Å²) in [6, 6.07) is 23.0. The number of nitrogens with one attached hydrogen (secondary N) is 4. The van der Waals surface area contributed by atoms with Crippen molar-refractivity contribution >= 4 is 54.2 Å². The molecule has 0 aromatic heterocycles. The van der Waals surface area contributed by atoms with Crippen molar-refractivity contribution in [3.63, 3.8) is 0 Å². The number of carbonyl (C=O) groups is 4. The van der Waals surface area contributed by atoms with E-state index >= 15 is 0 Å². The highest BCUT2D eigenvalue weighted by Crippen LogP contribution is 2.45. The Hall–Kier alpha value is -6.15. The number of alkyl carbamates (subject to hydrolysis) is 1. The number of amides is 4. The molecule has 6 rings (SSSR count). The zero-order valence-electron chi connectivity index (χ0n) is 34.1. The number of rotatable bonds is 21. The summed E-state index contributed by atoms with van der Waals surface area (Å²) >= 11 is 0. The normalized spacial score (nSPS) is 14.7. The molecule has 4 aromatic rings. The van der Waals surface area contributed by atoms with E-state index < -0.39 is 103 Å². The average Bonchev–Trinajstić information content (AvgIpc) is 3.74. The van der Waals surface area contributed by atoms with Gasteiger partial charge in [0.2, 0.25) is 11.8 Å². The molecule has 346 valence electrons. The quantitative estimate of drug-likeness (QED) is 0.0267. The first-order valence-electron chi connectivity index (χ1n) is 19.7. The Labute approximate surface area is 373 Å². The van der Waals surface area contributed by atoms with Crippen LogP contribution in [0.2, 0.25) is 0 Å². The second-order valence-electron chi connectivity index (χ2n) is 15.1. The van der Waals surface area contributed by atoms with Gasteiger partial charge in [0.1, 0.15) is 30.2 Å². The number of ether oxygens (including phenoxy) is 2. The molecule has 0 radical (unpaired) electrons. The van der Waals surface area contributed by atoms with Crippen LogP contribution in [0, 0.1) is 4.91 Å². The van der Waals surface area contributed by atoms with Crippen molar-refractivity contribution < 1.29 is 72.3 Å². The van der Waals surface area contributed by atoms with Gasteiger partial charge in [-0.25, -0.2) is 4.79 Å². The number of hydrogen-bond donors (Lipinski definition) is 7. The molecule has 4 amide bonds. The number of carbonyl (C=O) groups excluding carboxylic acids is 4. The van der Waals surface area contributed by atoms with Gasteiger partial charge >= 0.3 is 6.09 Å². The third-order valence-electron chi connectivity index (χ3n) is 10.5. The average molecular weight is 959 g/mol. The van der Waals surface area contributed by atoms with Crippen molar-refractivity contribution in [1.29, 1.82) is 0 Å². The molecule has 2 aliphatic carbocycles. The van der Waals surface area contributed by atoms with E-state index in [0.29, 0.717) is 0 Å². The summed E-state index contributed by atoms with van der Waals surface area (Å²) in [5, 5.41) is 8.24. The fourth-order valence-electron chi connectivity index (χ4n) is 7.73. The molecule has 0 saturated carbocycles. The highest BCUT2D eigenvalue weighted by Gasteiger charge is 2.42. The van der Waals surface area contributed by atoms with Gasteiger partial charge in [-0.2, -0.15) is 25.3 Å². The maximum absolute atomic E-state index is 13.4. The summed E-state index contributed by atoms with van der Waals surface area (Å²) in [6.07, 6.45) is -0.867. The van der Waals surface area contributed by atoms with Gasteiger partial charge in [0.15, 0.2) is 5.75 Å². The van der Waals surface area contributed by atoms with E-state index in [0.717, 1.165) is 44.5 Å². The lowest BCUT2D eigenvalue weighted by molar-refractivity contribution is -0.604. The van der Waals surface area contributed by atoms with Crippen molar-refractivity contribution in [1.82, 2.24) is 21.3 Å². The van der Waals surface area contributed by atoms with Crippen LogP contribution in [0.5, 0.6) is 0 Å². The van der Waals surface area contributed by atoms with Gasteiger partial charge in [-0.1, -0.05) is 97.1 Å². The molecule has 3 unspecified atom stereocenters. The Morgan fingerprint density at radius 2 is 0.923 bits per heavy atom. The van der Waals surface area contributed by atoms with Crippen LogP contribution in [0.15, 0.2) is 97.1 Å². The molecule has 0 spiro atoms. The van der Waals surface area contributed by atoms with E-state index in [1.807, 2.05) is 90.2 Å². The van der Waals surface area contributed by atoms with Crippen LogP contribution in [-0.2, 0) is 54.2 Å². The maximum atomic E-state index is 13.4. The van der Waals surface area contributed by atoms with Crippen molar-refractivity contribution in [2.24, 2.45) is 0 Å². The largest absolute Gasteiger partial charge is 0.449 e. The number of fused-ring (bicyclic) bond motifs is 6.